The van der Waals surface area contributed by atoms with Crippen LogP contribution in [0.3, 0.4) is 0 Å². The van der Waals surface area contributed by atoms with Gasteiger partial charge in [-0.05, 0) is 11.5 Å². The van der Waals surface area contributed by atoms with Crippen LogP contribution in [0.15, 0.2) is 0 Å². The second-order valence-electron chi connectivity index (χ2n) is 5.71. The Morgan fingerprint density at radius 1 is 0.867 bits per heavy atom. The van der Waals surface area contributed by atoms with E-state index in [4.69, 9.17) is 1.23 Å². The van der Waals surface area contributed by atoms with Crippen LogP contribution in [-0.4, -0.2) is 9.96 Å². The predicted octanol–water partition coefficient (Wildman–Crippen LogP) is 5.00. The van der Waals surface area contributed by atoms with Crippen LogP contribution in [0.4, 0.5) is 0 Å². The Bertz CT molecular complexity index is 186. The van der Waals surface area contributed by atoms with Gasteiger partial charge in [-0.3, -0.25) is 0 Å². The van der Waals surface area contributed by atoms with Crippen LogP contribution in [0, 0.1) is 5.92 Å². The highest BCUT2D eigenvalue weighted by Crippen LogP contribution is 2.32. The molecule has 0 aromatic heterocycles. The lowest BCUT2D eigenvalue weighted by Gasteiger charge is -2.26. The summed E-state index contributed by atoms with van der Waals surface area (Å²) in [6.07, 6.45) is 12.7. The smallest absolute Gasteiger partial charge is 0.0340 e. The molecule has 0 aromatic carbocycles. The standard InChI is InChI=1S/C14H30Si/c1-13-11-9-7-5-4-6-8-10-12-14(13)15(2)3/h13-15H,4-12H2,1-3H3/i15D. The second-order valence-corrected chi connectivity index (χ2v) is 8.61. The van der Waals surface area contributed by atoms with Crippen LogP contribution in [0.25, 0.3) is 0 Å². The molecule has 0 N–H and O–H groups in total. The molecule has 0 nitrogen and oxygen atoms in total. The molecule has 15 heavy (non-hydrogen) atoms. The molecule has 0 radical (unpaired) electrons. The van der Waals surface area contributed by atoms with Crippen LogP contribution >= 0.6 is 0 Å². The van der Waals surface area contributed by atoms with E-state index in [2.05, 4.69) is 20.0 Å². The van der Waals surface area contributed by atoms with Crippen molar-refractivity contribution in [1.29, 1.82) is 1.23 Å². The van der Waals surface area contributed by atoms with Crippen molar-refractivity contribution >= 4 is 8.73 Å². The maximum Gasteiger partial charge on any atom is 0.0340 e. The Labute approximate surface area is 99.7 Å². The minimum Gasteiger partial charge on any atom is -0.0720 e. The monoisotopic (exact) mass is 227 g/mol. The van der Waals surface area contributed by atoms with Crippen LogP contribution in [-0.2, 0) is 0 Å². The summed E-state index contributed by atoms with van der Waals surface area (Å²) < 4.78 is 8.45. The molecule has 1 saturated carbocycles. The van der Waals surface area contributed by atoms with Gasteiger partial charge in [0.2, 0.25) is 0 Å². The van der Waals surface area contributed by atoms with Gasteiger partial charge in [-0.25, -0.2) is 0 Å². The third kappa shape index (κ3) is 5.19. The molecule has 1 heteroatoms. The highest BCUT2D eigenvalue weighted by Gasteiger charge is 2.21. The highest BCUT2D eigenvalue weighted by molar-refractivity contribution is 6.57. The maximum absolute atomic E-state index is 8.45. The fourth-order valence-corrected chi connectivity index (χ4v) is 5.14. The minimum atomic E-state index is -1.68. The van der Waals surface area contributed by atoms with E-state index in [0.29, 0.717) is 0 Å². The lowest BCUT2D eigenvalue weighted by Crippen LogP contribution is -2.19. The Kier molecular flexibility index (Phi) is 5.83. The predicted molar refractivity (Wildman–Crippen MR) is 73.3 cm³/mol. The zero-order chi connectivity index (χ0) is 12.0. The highest BCUT2D eigenvalue weighted by atomic mass is 28.3. The molecule has 0 amide bonds. The molecule has 1 rings (SSSR count). The first kappa shape index (κ1) is 11.7. The van der Waals surface area contributed by atoms with Crippen molar-refractivity contribution in [3.05, 3.63) is 0 Å². The quantitative estimate of drug-likeness (QED) is 0.553. The lowest BCUT2D eigenvalue weighted by molar-refractivity contribution is 0.441. The number of hydrogen-bond donors (Lipinski definition) is 0. The summed E-state index contributed by atoms with van der Waals surface area (Å²) in [6, 6.07) is 0. The van der Waals surface area contributed by atoms with Gasteiger partial charge in [0.15, 0.2) is 0 Å². The van der Waals surface area contributed by atoms with Crippen molar-refractivity contribution in [2.24, 2.45) is 5.92 Å². The van der Waals surface area contributed by atoms with E-state index in [-0.39, 0.29) is 0 Å². The van der Waals surface area contributed by atoms with E-state index in [1.165, 1.54) is 57.8 Å². The van der Waals surface area contributed by atoms with E-state index >= 15 is 0 Å². The third-order valence-corrected chi connectivity index (χ3v) is 6.44. The first-order chi connectivity index (χ1) is 7.52. The molecular formula is C14H30Si. The normalized spacial score (nSPS) is 32.9. The summed E-state index contributed by atoms with van der Waals surface area (Å²) in [4.78, 5) is 0. The molecule has 2 unspecified atom stereocenters. The van der Waals surface area contributed by atoms with Gasteiger partial charge < -0.3 is 0 Å². The van der Waals surface area contributed by atoms with Crippen LogP contribution in [0.2, 0.25) is 18.6 Å². The molecule has 1 aliphatic rings. The Morgan fingerprint density at radius 2 is 1.33 bits per heavy atom. The van der Waals surface area contributed by atoms with E-state index in [1.54, 1.807) is 0 Å². The molecule has 0 saturated heterocycles. The molecule has 0 spiro atoms. The zero-order valence-electron chi connectivity index (χ0n) is 12.0. The van der Waals surface area contributed by atoms with Crippen LogP contribution in [0.5, 0.6) is 0 Å². The average molecular weight is 227 g/mol. The second kappa shape index (κ2) is 7.48. The molecule has 90 valence electrons. The van der Waals surface area contributed by atoms with Gasteiger partial charge in [0.1, 0.15) is 0 Å². The summed E-state index contributed by atoms with van der Waals surface area (Å²) in [7, 11) is -1.68. The van der Waals surface area contributed by atoms with Crippen molar-refractivity contribution in [1.82, 2.24) is 0 Å². The SMILES string of the molecule is [2H][Si](C)(C)C1CCCCCCCCCC1C. The van der Waals surface area contributed by atoms with Gasteiger partial charge in [-0.2, -0.15) is 0 Å². The Morgan fingerprint density at radius 3 is 1.87 bits per heavy atom. The van der Waals surface area contributed by atoms with Crippen molar-refractivity contribution in [3.63, 3.8) is 0 Å². The topological polar surface area (TPSA) is 0 Å². The minimum absolute atomic E-state index is 0.741. The molecule has 0 aliphatic heterocycles. The Hall–Kier alpha value is 0.217. The fraction of sp³-hybridized carbons (Fsp3) is 1.00. The molecule has 0 heterocycles. The van der Waals surface area contributed by atoms with Gasteiger partial charge in [0.25, 0.3) is 0 Å². The van der Waals surface area contributed by atoms with E-state index in [0.717, 1.165) is 11.5 Å². The van der Waals surface area contributed by atoms with Gasteiger partial charge in [-0.15, -0.1) is 0 Å². The lowest BCUT2D eigenvalue weighted by atomic mass is 9.97. The summed E-state index contributed by atoms with van der Waals surface area (Å²) in [5.74, 6) is 0.803. The summed E-state index contributed by atoms with van der Waals surface area (Å²) >= 11 is 0. The molecule has 1 aliphatic carbocycles. The van der Waals surface area contributed by atoms with Crippen molar-refractivity contribution in [3.8, 4) is 0 Å². The average Bonchev–Trinajstić information content (AvgIpc) is 2.22. The first-order valence-corrected chi connectivity index (χ1v) is 9.59. The molecule has 1 fully saturated rings. The molecular weight excluding hydrogens is 196 g/mol. The van der Waals surface area contributed by atoms with E-state index < -0.39 is 8.73 Å². The number of rotatable bonds is 1. The van der Waals surface area contributed by atoms with E-state index in [9.17, 15) is 0 Å². The number of hydrogen-bond acceptors (Lipinski definition) is 0. The van der Waals surface area contributed by atoms with Crippen LogP contribution in [0.1, 0.15) is 64.7 Å². The van der Waals surface area contributed by atoms with E-state index in [1.807, 2.05) is 0 Å². The largest absolute Gasteiger partial charge is 0.0720 e. The van der Waals surface area contributed by atoms with Crippen molar-refractivity contribution in [2.75, 3.05) is 0 Å². The van der Waals surface area contributed by atoms with Gasteiger partial charge in [0.05, 0.1) is 0 Å². The van der Waals surface area contributed by atoms with Gasteiger partial charge in [0, 0.05) is 9.96 Å². The third-order valence-electron chi connectivity index (χ3n) is 4.10. The first-order valence-electron chi connectivity index (χ1n) is 7.52. The van der Waals surface area contributed by atoms with Crippen LogP contribution < -0.4 is 0 Å². The maximum atomic E-state index is 8.45. The van der Waals surface area contributed by atoms with Gasteiger partial charge >= 0.3 is 0 Å². The molecule has 2 atom stereocenters. The molecule has 0 bridgehead atoms. The van der Waals surface area contributed by atoms with Gasteiger partial charge in [-0.1, -0.05) is 77.8 Å². The summed E-state index contributed by atoms with van der Waals surface area (Å²) in [5.41, 5.74) is 0.741. The van der Waals surface area contributed by atoms with Crippen molar-refractivity contribution in [2.45, 2.75) is 83.3 Å². The summed E-state index contributed by atoms with van der Waals surface area (Å²) in [6.45, 7) is 6.90. The zero-order valence-corrected chi connectivity index (χ0v) is 12.0. The molecule has 0 aromatic rings. The summed E-state index contributed by atoms with van der Waals surface area (Å²) in [5, 5.41) is 0. The van der Waals surface area contributed by atoms with Crippen molar-refractivity contribution < 1.29 is 0 Å². The Balaban J connectivity index is 2.54. The fourth-order valence-electron chi connectivity index (χ4n) is 3.06.